The average molecular weight is 344 g/mol. The molecule has 2 N–H and O–H groups in total. The highest BCUT2D eigenvalue weighted by molar-refractivity contribution is 5.85. The van der Waals surface area contributed by atoms with Crippen LogP contribution in [-0.2, 0) is 0 Å². The van der Waals surface area contributed by atoms with Crippen LogP contribution in [0.2, 0.25) is 0 Å². The second-order valence-corrected chi connectivity index (χ2v) is 8.17. The zero-order valence-corrected chi connectivity index (χ0v) is 16.5. The summed E-state index contributed by atoms with van der Waals surface area (Å²) in [6.45, 7) is 16.0. The van der Waals surface area contributed by atoms with Crippen LogP contribution in [0.3, 0.4) is 0 Å². The second kappa shape index (κ2) is 8.91. The van der Waals surface area contributed by atoms with Crippen LogP contribution in [0.1, 0.15) is 52.2 Å². The summed E-state index contributed by atoms with van der Waals surface area (Å²) < 4.78 is 5.76. The standard InChI is InChI=1S/C19H33NO2.ClH/c1-14-9-8-10-17(15(14)2)22-12-16(21)11-20-19(6,7)13-18(3,4)5;/h8-10,16,20-21H,11-13H2,1-7H3;1H. The first-order valence-corrected chi connectivity index (χ1v) is 8.12. The number of aliphatic hydroxyl groups is 1. The van der Waals surface area contributed by atoms with Gasteiger partial charge in [0.25, 0.3) is 0 Å². The number of rotatable bonds is 7. The molecule has 0 aliphatic heterocycles. The summed E-state index contributed by atoms with van der Waals surface area (Å²) in [6, 6.07) is 6.00. The molecular weight excluding hydrogens is 310 g/mol. The van der Waals surface area contributed by atoms with Crippen molar-refractivity contribution in [3.63, 3.8) is 0 Å². The Kier molecular flexibility index (Phi) is 8.61. The smallest absolute Gasteiger partial charge is 0.122 e. The molecule has 0 saturated heterocycles. The van der Waals surface area contributed by atoms with E-state index in [-0.39, 0.29) is 23.4 Å². The molecule has 0 saturated carbocycles. The quantitative estimate of drug-likeness (QED) is 0.776. The van der Waals surface area contributed by atoms with Gasteiger partial charge in [-0.05, 0) is 56.7 Å². The van der Waals surface area contributed by atoms with Crippen molar-refractivity contribution in [2.45, 2.75) is 66.5 Å². The molecule has 0 aliphatic carbocycles. The summed E-state index contributed by atoms with van der Waals surface area (Å²) in [7, 11) is 0. The molecule has 0 spiro atoms. The molecular formula is C19H34ClNO2. The van der Waals surface area contributed by atoms with Gasteiger partial charge in [0, 0.05) is 12.1 Å². The van der Waals surface area contributed by atoms with E-state index in [0.717, 1.165) is 17.7 Å². The minimum atomic E-state index is -0.515. The maximum Gasteiger partial charge on any atom is 0.122 e. The molecule has 1 atom stereocenters. The summed E-state index contributed by atoms with van der Waals surface area (Å²) in [4.78, 5) is 0. The minimum Gasteiger partial charge on any atom is -0.491 e. The first kappa shape index (κ1) is 22.2. The maximum absolute atomic E-state index is 10.1. The van der Waals surface area contributed by atoms with Gasteiger partial charge in [0.1, 0.15) is 18.5 Å². The molecule has 1 aromatic carbocycles. The van der Waals surface area contributed by atoms with Gasteiger partial charge in [-0.2, -0.15) is 0 Å². The zero-order chi connectivity index (χ0) is 17.0. The van der Waals surface area contributed by atoms with E-state index in [1.54, 1.807) is 0 Å². The third-order valence-corrected chi connectivity index (χ3v) is 3.77. The molecule has 134 valence electrons. The lowest BCUT2D eigenvalue weighted by Crippen LogP contribution is -2.46. The molecule has 3 nitrogen and oxygen atoms in total. The van der Waals surface area contributed by atoms with Crippen molar-refractivity contribution in [3.8, 4) is 5.75 Å². The molecule has 0 radical (unpaired) electrons. The van der Waals surface area contributed by atoms with Crippen molar-refractivity contribution in [3.05, 3.63) is 29.3 Å². The van der Waals surface area contributed by atoms with Gasteiger partial charge in [0.05, 0.1) is 0 Å². The van der Waals surface area contributed by atoms with E-state index < -0.39 is 6.10 Å². The Morgan fingerprint density at radius 3 is 2.30 bits per heavy atom. The van der Waals surface area contributed by atoms with Crippen molar-refractivity contribution < 1.29 is 9.84 Å². The van der Waals surface area contributed by atoms with E-state index in [1.165, 1.54) is 5.56 Å². The third kappa shape index (κ3) is 8.59. The summed E-state index contributed by atoms with van der Waals surface area (Å²) in [6.07, 6.45) is 0.532. The van der Waals surface area contributed by atoms with Crippen LogP contribution >= 0.6 is 12.4 Å². The normalized spacial score (nSPS) is 13.4. The number of benzene rings is 1. The van der Waals surface area contributed by atoms with Gasteiger partial charge >= 0.3 is 0 Å². The van der Waals surface area contributed by atoms with Crippen LogP contribution in [0.4, 0.5) is 0 Å². The lowest BCUT2D eigenvalue weighted by Gasteiger charge is -2.34. The number of aliphatic hydroxyl groups excluding tert-OH is 1. The van der Waals surface area contributed by atoms with Crippen molar-refractivity contribution in [1.82, 2.24) is 5.32 Å². The van der Waals surface area contributed by atoms with Crippen molar-refractivity contribution in [2.75, 3.05) is 13.2 Å². The predicted octanol–water partition coefficient (Wildman–Crippen LogP) is 4.27. The molecule has 0 bridgehead atoms. The van der Waals surface area contributed by atoms with Gasteiger partial charge in [0.15, 0.2) is 0 Å². The van der Waals surface area contributed by atoms with E-state index in [4.69, 9.17) is 4.74 Å². The SMILES string of the molecule is Cc1cccc(OCC(O)CNC(C)(C)CC(C)(C)C)c1C.Cl. The largest absolute Gasteiger partial charge is 0.491 e. The summed E-state index contributed by atoms with van der Waals surface area (Å²) >= 11 is 0. The van der Waals surface area contributed by atoms with Crippen molar-refractivity contribution in [1.29, 1.82) is 0 Å². The van der Waals surface area contributed by atoms with Gasteiger partial charge in [0.2, 0.25) is 0 Å². The Bertz CT molecular complexity index is 481. The number of nitrogens with one attached hydrogen (secondary N) is 1. The fourth-order valence-electron chi connectivity index (χ4n) is 2.91. The Hall–Kier alpha value is -0.770. The fraction of sp³-hybridized carbons (Fsp3) is 0.684. The summed E-state index contributed by atoms with van der Waals surface area (Å²) in [5.41, 5.74) is 2.60. The predicted molar refractivity (Wildman–Crippen MR) is 101 cm³/mol. The van der Waals surface area contributed by atoms with Gasteiger partial charge in [-0.15, -0.1) is 12.4 Å². The number of halogens is 1. The Balaban J connectivity index is 0.00000484. The number of β-amino-alcohol motifs (C(OH)–C–C–N with tert-alkyl or cyclic N) is 1. The Morgan fingerprint density at radius 2 is 1.74 bits per heavy atom. The van der Waals surface area contributed by atoms with Gasteiger partial charge in [-0.3, -0.25) is 0 Å². The van der Waals surface area contributed by atoms with Crippen LogP contribution in [0.5, 0.6) is 5.75 Å². The number of aryl methyl sites for hydroxylation is 1. The monoisotopic (exact) mass is 343 g/mol. The van der Waals surface area contributed by atoms with E-state index in [0.29, 0.717) is 13.2 Å². The van der Waals surface area contributed by atoms with E-state index in [1.807, 2.05) is 19.1 Å². The van der Waals surface area contributed by atoms with Crippen molar-refractivity contribution in [2.24, 2.45) is 5.41 Å². The van der Waals surface area contributed by atoms with Crippen LogP contribution in [-0.4, -0.2) is 29.9 Å². The molecule has 1 unspecified atom stereocenters. The molecule has 0 heterocycles. The average Bonchev–Trinajstić information content (AvgIpc) is 2.35. The van der Waals surface area contributed by atoms with Crippen LogP contribution in [0, 0.1) is 19.3 Å². The first-order chi connectivity index (χ1) is 10.0. The molecule has 1 rings (SSSR count). The third-order valence-electron chi connectivity index (χ3n) is 3.77. The highest BCUT2D eigenvalue weighted by atomic mass is 35.5. The lowest BCUT2D eigenvalue weighted by molar-refractivity contribution is 0.0941. The maximum atomic E-state index is 10.1. The highest BCUT2D eigenvalue weighted by Crippen LogP contribution is 2.26. The lowest BCUT2D eigenvalue weighted by atomic mass is 9.82. The van der Waals surface area contributed by atoms with E-state index in [9.17, 15) is 5.11 Å². The van der Waals surface area contributed by atoms with E-state index in [2.05, 4.69) is 52.9 Å². The number of hydrogen-bond donors (Lipinski definition) is 2. The minimum absolute atomic E-state index is 0. The Labute approximate surface area is 148 Å². The van der Waals surface area contributed by atoms with Crippen molar-refractivity contribution >= 4 is 12.4 Å². The number of hydrogen-bond acceptors (Lipinski definition) is 3. The van der Waals surface area contributed by atoms with Crippen LogP contribution < -0.4 is 10.1 Å². The molecule has 23 heavy (non-hydrogen) atoms. The molecule has 0 aliphatic rings. The molecule has 0 amide bonds. The first-order valence-electron chi connectivity index (χ1n) is 8.12. The van der Waals surface area contributed by atoms with Gasteiger partial charge < -0.3 is 15.2 Å². The highest BCUT2D eigenvalue weighted by Gasteiger charge is 2.25. The van der Waals surface area contributed by atoms with Crippen LogP contribution in [0.25, 0.3) is 0 Å². The van der Waals surface area contributed by atoms with E-state index >= 15 is 0 Å². The molecule has 0 fully saturated rings. The molecule has 1 aromatic rings. The molecule has 0 aromatic heterocycles. The Morgan fingerprint density at radius 1 is 1.13 bits per heavy atom. The second-order valence-electron chi connectivity index (χ2n) is 8.17. The fourth-order valence-corrected chi connectivity index (χ4v) is 2.91. The van der Waals surface area contributed by atoms with Crippen LogP contribution in [0.15, 0.2) is 18.2 Å². The zero-order valence-electron chi connectivity index (χ0n) is 15.7. The summed E-state index contributed by atoms with van der Waals surface area (Å²) in [5.74, 6) is 0.855. The molecule has 4 heteroatoms. The summed E-state index contributed by atoms with van der Waals surface area (Å²) in [5, 5.41) is 13.6. The topological polar surface area (TPSA) is 41.5 Å². The van der Waals surface area contributed by atoms with Gasteiger partial charge in [-0.25, -0.2) is 0 Å². The van der Waals surface area contributed by atoms with Gasteiger partial charge in [-0.1, -0.05) is 32.9 Å². The number of ether oxygens (including phenoxy) is 1.